The maximum Gasteiger partial charge on any atom is 0.208 e. The lowest BCUT2D eigenvalue weighted by molar-refractivity contribution is 0.397. The Morgan fingerprint density at radius 1 is 1.47 bits per heavy atom. The molecule has 1 aliphatic carbocycles. The summed E-state index contributed by atoms with van der Waals surface area (Å²) in [6, 6.07) is 0.473. The van der Waals surface area contributed by atoms with E-state index in [9.17, 15) is 0 Å². The van der Waals surface area contributed by atoms with Crippen molar-refractivity contribution in [2.75, 3.05) is 0 Å². The molecular weight excluding hydrogens is 188 g/mol. The molecule has 1 N–H and O–H groups in total. The van der Waals surface area contributed by atoms with Gasteiger partial charge >= 0.3 is 0 Å². The number of aromatic nitrogens is 1. The van der Waals surface area contributed by atoms with Crippen LogP contribution in [0, 0.1) is 5.92 Å². The number of oxazole rings is 1. The maximum absolute atomic E-state index is 5.72. The first kappa shape index (κ1) is 10.7. The van der Waals surface area contributed by atoms with E-state index in [1.807, 2.05) is 6.20 Å². The largest absolute Gasteiger partial charge is 0.444 e. The molecule has 1 heterocycles. The highest BCUT2D eigenvalue weighted by Crippen LogP contribution is 2.42. The van der Waals surface area contributed by atoms with Gasteiger partial charge in [0.05, 0.1) is 12.7 Å². The Morgan fingerprint density at radius 2 is 2.20 bits per heavy atom. The van der Waals surface area contributed by atoms with E-state index >= 15 is 0 Å². The molecule has 1 saturated carbocycles. The molecule has 0 spiro atoms. The first-order valence-electron chi connectivity index (χ1n) is 5.85. The van der Waals surface area contributed by atoms with Crippen molar-refractivity contribution in [3.8, 4) is 0 Å². The van der Waals surface area contributed by atoms with Gasteiger partial charge in [-0.05, 0) is 18.8 Å². The van der Waals surface area contributed by atoms with Gasteiger partial charge in [-0.1, -0.05) is 20.8 Å². The fraction of sp³-hybridized carbons (Fsp3) is 0.750. The SMILES string of the molecule is CC(C)NCc1ncc(C(C)C2CC2)o1. The second-order valence-corrected chi connectivity index (χ2v) is 4.82. The predicted octanol–water partition coefficient (Wildman–Crippen LogP) is 2.69. The number of rotatable bonds is 5. The lowest BCUT2D eigenvalue weighted by Crippen LogP contribution is -2.21. The zero-order chi connectivity index (χ0) is 10.8. The van der Waals surface area contributed by atoms with E-state index in [0.29, 0.717) is 12.0 Å². The normalized spacial score (nSPS) is 18.4. The number of nitrogens with one attached hydrogen (secondary N) is 1. The van der Waals surface area contributed by atoms with Crippen LogP contribution in [0.25, 0.3) is 0 Å². The van der Waals surface area contributed by atoms with Gasteiger partial charge in [0.2, 0.25) is 5.89 Å². The van der Waals surface area contributed by atoms with Crippen molar-refractivity contribution in [1.82, 2.24) is 10.3 Å². The molecule has 0 saturated heterocycles. The number of hydrogen-bond acceptors (Lipinski definition) is 3. The van der Waals surface area contributed by atoms with E-state index < -0.39 is 0 Å². The zero-order valence-electron chi connectivity index (χ0n) is 9.79. The van der Waals surface area contributed by atoms with Crippen LogP contribution < -0.4 is 5.32 Å². The molecule has 1 aromatic heterocycles. The second kappa shape index (κ2) is 4.35. The monoisotopic (exact) mass is 208 g/mol. The van der Waals surface area contributed by atoms with Crippen LogP contribution in [0.1, 0.15) is 51.2 Å². The van der Waals surface area contributed by atoms with Crippen molar-refractivity contribution in [2.45, 2.75) is 52.1 Å². The van der Waals surface area contributed by atoms with Crippen LogP contribution in [0.3, 0.4) is 0 Å². The van der Waals surface area contributed by atoms with Gasteiger partial charge in [-0.25, -0.2) is 4.98 Å². The fourth-order valence-electron chi connectivity index (χ4n) is 1.74. The third-order valence-corrected chi connectivity index (χ3v) is 3.01. The van der Waals surface area contributed by atoms with Gasteiger partial charge in [0.25, 0.3) is 0 Å². The van der Waals surface area contributed by atoms with Crippen molar-refractivity contribution in [3.63, 3.8) is 0 Å². The van der Waals surface area contributed by atoms with Gasteiger partial charge in [0.1, 0.15) is 5.76 Å². The molecule has 1 fully saturated rings. The van der Waals surface area contributed by atoms with Gasteiger partial charge in [0.15, 0.2) is 0 Å². The molecule has 0 radical (unpaired) electrons. The topological polar surface area (TPSA) is 38.1 Å². The summed E-state index contributed by atoms with van der Waals surface area (Å²) in [4.78, 5) is 4.29. The highest BCUT2D eigenvalue weighted by molar-refractivity contribution is 5.05. The predicted molar refractivity (Wildman–Crippen MR) is 59.6 cm³/mol. The molecule has 1 aliphatic rings. The number of hydrogen-bond donors (Lipinski definition) is 1. The van der Waals surface area contributed by atoms with Crippen molar-refractivity contribution in [2.24, 2.45) is 5.92 Å². The second-order valence-electron chi connectivity index (χ2n) is 4.82. The summed E-state index contributed by atoms with van der Waals surface area (Å²) in [6.07, 6.45) is 4.59. The van der Waals surface area contributed by atoms with Crippen LogP contribution >= 0.6 is 0 Å². The minimum atomic E-state index is 0.473. The van der Waals surface area contributed by atoms with Gasteiger partial charge in [-0.15, -0.1) is 0 Å². The summed E-state index contributed by atoms with van der Waals surface area (Å²) in [7, 11) is 0. The van der Waals surface area contributed by atoms with Gasteiger partial charge in [0, 0.05) is 12.0 Å². The van der Waals surface area contributed by atoms with Gasteiger partial charge in [-0.3, -0.25) is 0 Å². The Morgan fingerprint density at radius 3 is 2.80 bits per heavy atom. The van der Waals surface area contributed by atoms with Crippen LogP contribution in [0.4, 0.5) is 0 Å². The van der Waals surface area contributed by atoms with E-state index in [0.717, 1.165) is 24.1 Å². The highest BCUT2D eigenvalue weighted by atomic mass is 16.4. The van der Waals surface area contributed by atoms with Crippen LogP contribution in [-0.2, 0) is 6.54 Å². The molecule has 1 atom stereocenters. The molecule has 1 aromatic rings. The molecule has 0 bridgehead atoms. The standard InChI is InChI=1S/C12H20N2O/c1-8(2)13-7-12-14-6-11(15-12)9(3)10-4-5-10/h6,8-10,13H,4-5,7H2,1-3H3. The third-order valence-electron chi connectivity index (χ3n) is 3.01. The van der Waals surface area contributed by atoms with Crippen molar-refractivity contribution >= 4 is 0 Å². The zero-order valence-corrected chi connectivity index (χ0v) is 9.79. The Hall–Kier alpha value is -0.830. The molecule has 15 heavy (non-hydrogen) atoms. The molecule has 3 heteroatoms. The quantitative estimate of drug-likeness (QED) is 0.808. The first-order chi connectivity index (χ1) is 7.16. The summed E-state index contributed by atoms with van der Waals surface area (Å²) in [5, 5.41) is 3.30. The molecule has 0 aromatic carbocycles. The third kappa shape index (κ3) is 2.81. The molecule has 0 aliphatic heterocycles. The summed E-state index contributed by atoms with van der Waals surface area (Å²) in [5.74, 6) is 3.25. The lowest BCUT2D eigenvalue weighted by Gasteiger charge is -2.06. The Balaban J connectivity index is 1.91. The molecule has 2 rings (SSSR count). The van der Waals surface area contributed by atoms with E-state index in [1.54, 1.807) is 0 Å². The van der Waals surface area contributed by atoms with Gasteiger partial charge < -0.3 is 9.73 Å². The average molecular weight is 208 g/mol. The highest BCUT2D eigenvalue weighted by Gasteiger charge is 2.31. The van der Waals surface area contributed by atoms with Crippen molar-refractivity contribution in [3.05, 3.63) is 17.8 Å². The van der Waals surface area contributed by atoms with E-state index in [2.05, 4.69) is 31.1 Å². The molecule has 0 amide bonds. The fourth-order valence-corrected chi connectivity index (χ4v) is 1.74. The van der Waals surface area contributed by atoms with E-state index in [-0.39, 0.29) is 0 Å². The lowest BCUT2D eigenvalue weighted by atomic mass is 10.0. The minimum Gasteiger partial charge on any atom is -0.444 e. The van der Waals surface area contributed by atoms with Crippen LogP contribution in [-0.4, -0.2) is 11.0 Å². The molecule has 84 valence electrons. The van der Waals surface area contributed by atoms with E-state index in [1.165, 1.54) is 12.8 Å². The van der Waals surface area contributed by atoms with Crippen molar-refractivity contribution < 1.29 is 4.42 Å². The van der Waals surface area contributed by atoms with Crippen LogP contribution in [0.5, 0.6) is 0 Å². The molecular formula is C12H20N2O. The summed E-state index contributed by atoms with van der Waals surface area (Å²) >= 11 is 0. The minimum absolute atomic E-state index is 0.473. The Kier molecular flexibility index (Phi) is 3.10. The maximum atomic E-state index is 5.72. The summed E-state index contributed by atoms with van der Waals surface area (Å²) < 4.78 is 5.72. The van der Waals surface area contributed by atoms with E-state index in [4.69, 9.17) is 4.42 Å². The average Bonchev–Trinajstić information content (AvgIpc) is 2.93. The van der Waals surface area contributed by atoms with Crippen LogP contribution in [0.2, 0.25) is 0 Å². The van der Waals surface area contributed by atoms with Crippen LogP contribution in [0.15, 0.2) is 10.6 Å². The Bertz CT molecular complexity index is 315. The van der Waals surface area contributed by atoms with Crippen molar-refractivity contribution in [1.29, 1.82) is 0 Å². The number of nitrogens with zero attached hydrogens (tertiary/aromatic N) is 1. The molecule has 1 unspecified atom stereocenters. The summed E-state index contributed by atoms with van der Waals surface area (Å²) in [5.41, 5.74) is 0. The summed E-state index contributed by atoms with van der Waals surface area (Å²) in [6.45, 7) is 7.21. The smallest absolute Gasteiger partial charge is 0.208 e. The van der Waals surface area contributed by atoms with Gasteiger partial charge in [-0.2, -0.15) is 0 Å². The first-order valence-corrected chi connectivity index (χ1v) is 5.85. The molecule has 3 nitrogen and oxygen atoms in total. The Labute approximate surface area is 91.3 Å².